The Morgan fingerprint density at radius 2 is 1.17 bits per heavy atom. The van der Waals surface area contributed by atoms with Crippen LogP contribution in [0.2, 0.25) is 0 Å². The summed E-state index contributed by atoms with van der Waals surface area (Å²) in [5.41, 5.74) is 0. The van der Waals surface area contributed by atoms with Crippen LogP contribution < -0.4 is 0 Å². The first kappa shape index (κ1) is 26.0. The van der Waals surface area contributed by atoms with Crippen LogP contribution >= 0.6 is 0 Å². The Kier molecular flexibility index (Phi) is 16.3. The van der Waals surface area contributed by atoms with E-state index in [1.54, 1.807) is 0 Å². The normalized spacial score (nSPS) is 12.2. The van der Waals surface area contributed by atoms with Gasteiger partial charge in [-0.15, -0.1) is 0 Å². The highest BCUT2D eigenvalue weighted by Crippen LogP contribution is 2.11. The summed E-state index contributed by atoms with van der Waals surface area (Å²) in [4.78, 5) is 0. The topological polar surface area (TPSA) is 57.2 Å². The lowest BCUT2D eigenvalue weighted by atomic mass is 10.1. The highest BCUT2D eigenvalue weighted by atomic mass is 32.2. The molecule has 0 N–H and O–H groups in total. The molecule has 0 radical (unpaired) electrons. The smallest absolute Gasteiger partial charge is 0.238 e. The van der Waals surface area contributed by atoms with Gasteiger partial charge < -0.3 is 9.04 Å². The molecule has 7 heteroatoms. The zero-order valence-corrected chi connectivity index (χ0v) is 16.7. The van der Waals surface area contributed by atoms with E-state index in [0.29, 0.717) is 19.3 Å². The van der Waals surface area contributed by atoms with Crippen LogP contribution in [0.3, 0.4) is 0 Å². The number of rotatable bonds is 13. The monoisotopic (exact) mass is 373 g/mol. The second-order valence-corrected chi connectivity index (χ2v) is 7.69. The summed E-state index contributed by atoms with van der Waals surface area (Å²) in [6.45, 7) is 14.2. The number of nitrogens with zero attached hydrogens (tertiary/aromatic N) is 1. The van der Waals surface area contributed by atoms with E-state index in [0.717, 1.165) is 19.3 Å². The van der Waals surface area contributed by atoms with Crippen molar-refractivity contribution in [3.63, 3.8) is 0 Å². The zero-order chi connectivity index (χ0) is 19.1. The van der Waals surface area contributed by atoms with Crippen LogP contribution in [-0.2, 0) is 10.1 Å². The van der Waals surface area contributed by atoms with E-state index in [9.17, 15) is 21.8 Å². The highest BCUT2D eigenvalue weighted by Gasteiger charge is 2.16. The first-order valence-corrected chi connectivity index (χ1v) is 10.8. The third-order valence-electron chi connectivity index (χ3n) is 4.75. The van der Waals surface area contributed by atoms with Gasteiger partial charge in [-0.3, -0.25) is 0 Å². The average molecular weight is 374 g/mol. The summed E-state index contributed by atoms with van der Waals surface area (Å²) in [6, 6.07) is 0. The molecule has 24 heavy (non-hydrogen) atoms. The lowest BCUT2D eigenvalue weighted by Crippen LogP contribution is -2.47. The molecule has 0 unspecified atom stereocenters. The summed E-state index contributed by atoms with van der Waals surface area (Å²) in [5, 5.41) is 0. The minimum absolute atomic E-state index is 0.0606. The maximum absolute atomic E-state index is 11.7. The predicted octanol–water partition coefficient (Wildman–Crippen LogP) is 4.41. The molecular formula is C17H37F2NO3S. The minimum Gasteiger partial charge on any atom is -0.748 e. The summed E-state index contributed by atoms with van der Waals surface area (Å²) >= 11 is 0. The van der Waals surface area contributed by atoms with Crippen molar-refractivity contribution in [3.8, 4) is 0 Å². The van der Waals surface area contributed by atoms with Crippen LogP contribution in [0.25, 0.3) is 0 Å². The van der Waals surface area contributed by atoms with Gasteiger partial charge in [-0.05, 0) is 40.5 Å². The fourth-order valence-corrected chi connectivity index (χ4v) is 3.18. The van der Waals surface area contributed by atoms with Crippen molar-refractivity contribution in [1.82, 2.24) is 0 Å². The number of halogens is 2. The van der Waals surface area contributed by atoms with E-state index in [-0.39, 0.29) is 12.2 Å². The Bertz CT molecular complexity index is 355. The Morgan fingerprint density at radius 1 is 0.792 bits per heavy atom. The predicted molar refractivity (Wildman–Crippen MR) is 95.3 cm³/mol. The summed E-state index contributed by atoms with van der Waals surface area (Å²) < 4.78 is 55.3. The van der Waals surface area contributed by atoms with Crippen LogP contribution in [0.4, 0.5) is 8.78 Å². The van der Waals surface area contributed by atoms with Crippen molar-refractivity contribution in [2.75, 3.05) is 31.9 Å². The van der Waals surface area contributed by atoms with Gasteiger partial charge in [0.15, 0.2) is 0 Å². The SMILES string of the molecule is CC[N+](CC)(CC)CC.O=S(=O)([O-])CCCCCCCCC(F)F. The average Bonchev–Trinajstić information content (AvgIpc) is 2.52. The quantitative estimate of drug-likeness (QED) is 0.273. The van der Waals surface area contributed by atoms with E-state index in [2.05, 4.69) is 27.7 Å². The van der Waals surface area contributed by atoms with E-state index in [1.165, 1.54) is 30.7 Å². The van der Waals surface area contributed by atoms with Gasteiger partial charge in [0.1, 0.15) is 0 Å². The molecule has 0 aliphatic rings. The second-order valence-electron chi connectivity index (χ2n) is 6.17. The van der Waals surface area contributed by atoms with E-state index >= 15 is 0 Å². The van der Waals surface area contributed by atoms with Crippen molar-refractivity contribution in [2.45, 2.75) is 79.1 Å². The molecule has 0 spiro atoms. The zero-order valence-electron chi connectivity index (χ0n) is 15.9. The van der Waals surface area contributed by atoms with Crippen LogP contribution in [0.1, 0.15) is 72.6 Å². The van der Waals surface area contributed by atoms with Gasteiger partial charge >= 0.3 is 0 Å². The molecule has 0 saturated carbocycles. The fourth-order valence-electron chi connectivity index (χ4n) is 2.63. The van der Waals surface area contributed by atoms with Gasteiger partial charge in [-0.1, -0.05) is 25.7 Å². The lowest BCUT2D eigenvalue weighted by molar-refractivity contribution is -0.921. The van der Waals surface area contributed by atoms with E-state index < -0.39 is 16.5 Å². The lowest BCUT2D eigenvalue weighted by Gasteiger charge is -2.34. The Hall–Kier alpha value is -0.270. The van der Waals surface area contributed by atoms with Crippen LogP contribution in [-0.4, -0.2) is 55.8 Å². The molecule has 0 saturated heterocycles. The van der Waals surface area contributed by atoms with Crippen LogP contribution in [0.15, 0.2) is 0 Å². The molecule has 148 valence electrons. The number of hydrogen-bond donors (Lipinski definition) is 0. The van der Waals surface area contributed by atoms with Gasteiger partial charge in [0.2, 0.25) is 6.43 Å². The van der Waals surface area contributed by atoms with E-state index in [4.69, 9.17) is 0 Å². The molecule has 0 aliphatic carbocycles. The second kappa shape index (κ2) is 15.0. The van der Waals surface area contributed by atoms with Crippen LogP contribution in [0, 0.1) is 0 Å². The van der Waals surface area contributed by atoms with Crippen molar-refractivity contribution in [2.24, 2.45) is 0 Å². The molecule has 0 aromatic carbocycles. The van der Waals surface area contributed by atoms with Gasteiger partial charge in [0.05, 0.1) is 36.3 Å². The van der Waals surface area contributed by atoms with Gasteiger partial charge in [0, 0.05) is 12.2 Å². The Balaban J connectivity index is 0. The molecule has 0 atom stereocenters. The van der Waals surface area contributed by atoms with Gasteiger partial charge in [-0.25, -0.2) is 17.2 Å². The molecule has 4 nitrogen and oxygen atoms in total. The van der Waals surface area contributed by atoms with Gasteiger partial charge in [-0.2, -0.15) is 0 Å². The van der Waals surface area contributed by atoms with Crippen molar-refractivity contribution in [3.05, 3.63) is 0 Å². The third kappa shape index (κ3) is 16.6. The molecule has 0 amide bonds. The van der Waals surface area contributed by atoms with Gasteiger partial charge in [0.25, 0.3) is 0 Å². The summed E-state index contributed by atoms with van der Waals surface area (Å²) in [5.74, 6) is -0.315. The Morgan fingerprint density at radius 3 is 1.46 bits per heavy atom. The number of unbranched alkanes of at least 4 members (excludes halogenated alkanes) is 5. The molecule has 0 fully saturated rings. The first-order valence-electron chi connectivity index (χ1n) is 9.23. The largest absolute Gasteiger partial charge is 0.748 e. The first-order chi connectivity index (χ1) is 11.2. The molecule has 0 aliphatic heterocycles. The summed E-state index contributed by atoms with van der Waals surface area (Å²) in [7, 11) is -4.08. The van der Waals surface area contributed by atoms with Crippen molar-refractivity contribution >= 4 is 10.1 Å². The molecule has 0 aromatic heterocycles. The number of alkyl halides is 2. The number of quaternary nitrogens is 1. The maximum atomic E-state index is 11.7. The van der Waals surface area contributed by atoms with Crippen molar-refractivity contribution in [1.29, 1.82) is 0 Å². The Labute approximate surface area is 148 Å². The molecule has 0 bridgehead atoms. The maximum Gasteiger partial charge on any atom is 0.238 e. The molecule has 0 rings (SSSR count). The molecule has 0 heterocycles. The third-order valence-corrected chi connectivity index (χ3v) is 5.54. The minimum atomic E-state index is -4.08. The van der Waals surface area contributed by atoms with E-state index in [1.807, 2.05) is 0 Å². The van der Waals surface area contributed by atoms with Crippen LogP contribution in [0.5, 0.6) is 0 Å². The highest BCUT2D eigenvalue weighted by molar-refractivity contribution is 7.85. The summed E-state index contributed by atoms with van der Waals surface area (Å²) in [6.07, 6.45) is 1.65. The van der Waals surface area contributed by atoms with Crippen molar-refractivity contribution < 1.29 is 26.2 Å². The number of hydrogen-bond acceptors (Lipinski definition) is 3. The molecule has 0 aromatic rings. The fraction of sp³-hybridized carbons (Fsp3) is 1.00. The molecular weight excluding hydrogens is 336 g/mol. The standard InChI is InChI=1S/C9H18F2O3S.C8H20N/c10-9(11)7-5-3-1-2-4-6-8-15(12,13)14;1-5-9(6-2,7-3)8-4/h9H,1-8H2,(H,12,13,14);5-8H2,1-4H3/q;+1/p-1.